The van der Waals surface area contributed by atoms with E-state index in [-0.39, 0.29) is 27.9 Å². The van der Waals surface area contributed by atoms with Gasteiger partial charge in [0.15, 0.2) is 8.32 Å². The Morgan fingerprint density at radius 2 is 1.74 bits per heavy atom. The molecule has 2 saturated carbocycles. The summed E-state index contributed by atoms with van der Waals surface area (Å²) < 4.78 is 12.6. The van der Waals surface area contributed by atoms with Crippen LogP contribution in [0, 0.1) is 22.7 Å². The second kappa shape index (κ2) is 7.58. The monoisotopic (exact) mass is 444 g/mol. The highest BCUT2D eigenvalue weighted by Gasteiger charge is 2.57. The summed E-state index contributed by atoms with van der Waals surface area (Å²) in [4.78, 5) is 11.5. The molecule has 0 N–H and O–H groups in total. The molecule has 0 bridgehead atoms. The Morgan fingerprint density at radius 1 is 1.06 bits per heavy atom. The van der Waals surface area contributed by atoms with E-state index in [1.165, 1.54) is 19.8 Å². The van der Waals surface area contributed by atoms with E-state index in [0.717, 1.165) is 38.0 Å². The normalized spacial score (nSPS) is 40.3. The van der Waals surface area contributed by atoms with Gasteiger partial charge in [0.25, 0.3) is 0 Å². The summed E-state index contributed by atoms with van der Waals surface area (Å²) in [6.07, 6.45) is 13.4. The van der Waals surface area contributed by atoms with Crippen molar-refractivity contribution in [2.24, 2.45) is 22.7 Å². The number of hydrogen-bond acceptors (Lipinski definition) is 3. The molecule has 0 heterocycles. The molecular weight excluding hydrogens is 400 g/mol. The number of carbonyl (C=O) groups excluding carboxylic acids is 1. The van der Waals surface area contributed by atoms with Gasteiger partial charge >= 0.3 is 5.97 Å². The highest BCUT2D eigenvalue weighted by atomic mass is 28.4. The highest BCUT2D eigenvalue weighted by Crippen LogP contribution is 2.64. The van der Waals surface area contributed by atoms with Crippen LogP contribution >= 0.6 is 0 Å². The number of ether oxygens (including phenoxy) is 1. The predicted octanol–water partition coefficient (Wildman–Crippen LogP) is 7.19. The maximum atomic E-state index is 11.5. The summed E-state index contributed by atoms with van der Waals surface area (Å²) in [7, 11) is -1.79. The van der Waals surface area contributed by atoms with Crippen molar-refractivity contribution >= 4 is 14.3 Å². The number of rotatable bonds is 3. The molecule has 0 spiro atoms. The predicted molar refractivity (Wildman–Crippen MR) is 129 cm³/mol. The van der Waals surface area contributed by atoms with Gasteiger partial charge in [-0.1, -0.05) is 57.9 Å². The minimum Gasteiger partial charge on any atom is -0.462 e. The van der Waals surface area contributed by atoms with Crippen LogP contribution in [0.5, 0.6) is 0 Å². The van der Waals surface area contributed by atoms with E-state index >= 15 is 0 Å². The standard InChI is InChI=1S/C27H44O3Si/c1-18(28)29-20-13-15-26(5)19(17-20)9-10-21-22-11-12-24(27(22,6)16-14-23(21)26)30-31(7,8)25(2,3)4/h9,11,20-21,23-24H,10,12-17H2,1-8H3/t20-,21+,23+,24+,26+,27+/m1/s1. The van der Waals surface area contributed by atoms with Gasteiger partial charge in [-0.2, -0.15) is 0 Å². The number of esters is 1. The van der Waals surface area contributed by atoms with Crippen LogP contribution in [-0.4, -0.2) is 26.5 Å². The molecule has 174 valence electrons. The Bertz CT molecular complexity index is 804. The Hall–Kier alpha value is -0.873. The van der Waals surface area contributed by atoms with Crippen molar-refractivity contribution in [3.05, 3.63) is 23.3 Å². The molecular formula is C27H44O3Si. The van der Waals surface area contributed by atoms with Crippen LogP contribution in [0.15, 0.2) is 23.3 Å². The molecule has 4 heteroatoms. The molecule has 0 saturated heterocycles. The molecule has 0 aromatic carbocycles. The Balaban J connectivity index is 1.55. The topological polar surface area (TPSA) is 35.5 Å². The molecule has 6 atom stereocenters. The second-order valence-electron chi connectivity index (χ2n) is 12.8. The third-order valence-corrected chi connectivity index (χ3v) is 14.4. The molecule has 0 radical (unpaired) electrons. The van der Waals surface area contributed by atoms with E-state index in [2.05, 4.69) is 59.9 Å². The highest BCUT2D eigenvalue weighted by molar-refractivity contribution is 6.74. The maximum absolute atomic E-state index is 11.5. The fourth-order valence-electron chi connectivity index (χ4n) is 6.98. The summed E-state index contributed by atoms with van der Waals surface area (Å²) in [6.45, 7) is 18.4. The number of carbonyl (C=O) groups is 1. The average molecular weight is 445 g/mol. The largest absolute Gasteiger partial charge is 0.462 e. The van der Waals surface area contributed by atoms with E-state index in [9.17, 15) is 4.79 Å². The van der Waals surface area contributed by atoms with Gasteiger partial charge in [-0.15, -0.1) is 0 Å². The minimum absolute atomic E-state index is 0.0790. The van der Waals surface area contributed by atoms with Crippen molar-refractivity contribution in [1.29, 1.82) is 0 Å². The smallest absolute Gasteiger partial charge is 0.302 e. The van der Waals surface area contributed by atoms with E-state index < -0.39 is 8.32 Å². The van der Waals surface area contributed by atoms with Gasteiger partial charge in [-0.25, -0.2) is 0 Å². The first-order chi connectivity index (χ1) is 14.3. The first-order valence-electron chi connectivity index (χ1n) is 12.5. The van der Waals surface area contributed by atoms with Gasteiger partial charge in [0.2, 0.25) is 0 Å². The Kier molecular flexibility index (Phi) is 5.70. The molecule has 4 rings (SSSR count). The van der Waals surface area contributed by atoms with Crippen LogP contribution in [-0.2, 0) is 14.0 Å². The van der Waals surface area contributed by atoms with Gasteiger partial charge in [0.1, 0.15) is 6.10 Å². The molecule has 3 nitrogen and oxygen atoms in total. The van der Waals surface area contributed by atoms with E-state index in [0.29, 0.717) is 12.0 Å². The molecule has 31 heavy (non-hydrogen) atoms. The zero-order chi connectivity index (χ0) is 22.8. The lowest BCUT2D eigenvalue weighted by Crippen LogP contribution is -2.52. The third-order valence-electron chi connectivity index (χ3n) is 9.96. The zero-order valence-corrected chi connectivity index (χ0v) is 22.1. The third kappa shape index (κ3) is 3.80. The molecule has 0 aromatic heterocycles. The fourth-order valence-corrected chi connectivity index (χ4v) is 8.40. The molecule has 0 aromatic rings. The van der Waals surface area contributed by atoms with Crippen LogP contribution in [0.3, 0.4) is 0 Å². The van der Waals surface area contributed by atoms with Crippen molar-refractivity contribution in [1.82, 2.24) is 0 Å². The van der Waals surface area contributed by atoms with Crippen LogP contribution < -0.4 is 0 Å². The molecule has 4 aliphatic rings. The quantitative estimate of drug-likeness (QED) is 0.262. The van der Waals surface area contributed by atoms with Gasteiger partial charge in [-0.05, 0) is 73.9 Å². The summed E-state index contributed by atoms with van der Waals surface area (Å²) in [5.74, 6) is 1.24. The molecule has 0 aliphatic heterocycles. The van der Waals surface area contributed by atoms with Gasteiger partial charge in [0.05, 0.1) is 6.10 Å². The lowest BCUT2D eigenvalue weighted by molar-refractivity contribution is -0.148. The van der Waals surface area contributed by atoms with Crippen molar-refractivity contribution in [3.63, 3.8) is 0 Å². The maximum Gasteiger partial charge on any atom is 0.302 e. The van der Waals surface area contributed by atoms with Crippen molar-refractivity contribution < 1.29 is 14.0 Å². The van der Waals surface area contributed by atoms with Gasteiger partial charge < -0.3 is 9.16 Å². The van der Waals surface area contributed by atoms with E-state index in [4.69, 9.17) is 9.16 Å². The van der Waals surface area contributed by atoms with Crippen LogP contribution in [0.2, 0.25) is 18.1 Å². The lowest BCUT2D eigenvalue weighted by atomic mass is 9.49. The summed E-state index contributed by atoms with van der Waals surface area (Å²) >= 11 is 0. The fraction of sp³-hybridized carbons (Fsp3) is 0.815. The number of fused-ring (bicyclic) bond motifs is 5. The van der Waals surface area contributed by atoms with Gasteiger partial charge in [0, 0.05) is 18.8 Å². The first-order valence-corrected chi connectivity index (χ1v) is 15.4. The Morgan fingerprint density at radius 3 is 2.39 bits per heavy atom. The Labute approximate surface area is 191 Å². The first kappa shape index (κ1) is 23.3. The average Bonchev–Trinajstić information content (AvgIpc) is 2.96. The summed E-state index contributed by atoms with van der Waals surface area (Å²) in [6, 6.07) is 0. The van der Waals surface area contributed by atoms with Gasteiger partial charge in [-0.3, -0.25) is 4.79 Å². The summed E-state index contributed by atoms with van der Waals surface area (Å²) in [5, 5.41) is 0.250. The number of hydrogen-bond donors (Lipinski definition) is 0. The van der Waals surface area contributed by atoms with Crippen LogP contribution in [0.4, 0.5) is 0 Å². The van der Waals surface area contributed by atoms with E-state index in [1.54, 1.807) is 11.1 Å². The van der Waals surface area contributed by atoms with Crippen LogP contribution in [0.1, 0.15) is 86.5 Å². The minimum atomic E-state index is -1.79. The second-order valence-corrected chi connectivity index (χ2v) is 17.5. The number of allylic oxidation sites excluding steroid dienone is 1. The lowest BCUT2D eigenvalue weighted by Gasteiger charge is -2.57. The van der Waals surface area contributed by atoms with Crippen molar-refractivity contribution in [3.8, 4) is 0 Å². The molecule has 0 unspecified atom stereocenters. The molecule has 2 fully saturated rings. The summed E-state index contributed by atoms with van der Waals surface area (Å²) in [5.41, 5.74) is 3.72. The molecule has 0 amide bonds. The molecule has 4 aliphatic carbocycles. The van der Waals surface area contributed by atoms with Crippen molar-refractivity contribution in [2.45, 2.75) is 117 Å². The van der Waals surface area contributed by atoms with Crippen LogP contribution in [0.25, 0.3) is 0 Å². The van der Waals surface area contributed by atoms with E-state index in [1.807, 2.05) is 0 Å². The zero-order valence-electron chi connectivity index (χ0n) is 21.1. The SMILES string of the molecule is CC(=O)O[C@@H]1CC[C@@]2(C)C(=CC[C@H]3C4=CC[C@H](O[Si](C)(C)C(C)(C)C)[C@@]4(C)CC[C@@H]32)C1. The van der Waals surface area contributed by atoms with Crippen molar-refractivity contribution in [2.75, 3.05) is 0 Å².